The quantitative estimate of drug-likeness (QED) is 0.450. The van der Waals surface area contributed by atoms with Crippen molar-refractivity contribution in [1.82, 2.24) is 9.38 Å². The Kier molecular flexibility index (Phi) is 5.82. The van der Waals surface area contributed by atoms with Crippen LogP contribution in [0.15, 0.2) is 53.3 Å². The Morgan fingerprint density at radius 1 is 1.00 bits per heavy atom. The molecule has 4 aromatic rings. The van der Waals surface area contributed by atoms with Crippen LogP contribution in [-0.2, 0) is 0 Å². The molecule has 32 heavy (non-hydrogen) atoms. The van der Waals surface area contributed by atoms with Crippen LogP contribution in [0.1, 0.15) is 37.0 Å². The molecule has 2 heterocycles. The van der Waals surface area contributed by atoms with E-state index in [4.69, 9.17) is 11.6 Å². The molecular formula is C23H19ClN4O3S. The fourth-order valence-corrected chi connectivity index (χ4v) is 4.43. The van der Waals surface area contributed by atoms with E-state index in [1.54, 1.807) is 37.3 Å². The van der Waals surface area contributed by atoms with Crippen LogP contribution in [0, 0.1) is 20.8 Å². The first-order valence-electron chi connectivity index (χ1n) is 9.72. The third kappa shape index (κ3) is 4.15. The predicted octanol–water partition coefficient (Wildman–Crippen LogP) is 4.84. The summed E-state index contributed by atoms with van der Waals surface area (Å²) in [6.07, 6.45) is 0. The second kappa shape index (κ2) is 8.57. The van der Waals surface area contributed by atoms with E-state index in [0.29, 0.717) is 22.1 Å². The van der Waals surface area contributed by atoms with Crippen LogP contribution in [0.3, 0.4) is 0 Å². The van der Waals surface area contributed by atoms with E-state index in [1.807, 2.05) is 26.0 Å². The summed E-state index contributed by atoms with van der Waals surface area (Å²) < 4.78 is 1.18. The molecule has 2 aromatic heterocycles. The Hall–Kier alpha value is -3.49. The lowest BCUT2D eigenvalue weighted by molar-refractivity contribution is 0.0989. The van der Waals surface area contributed by atoms with Gasteiger partial charge in [0.25, 0.3) is 17.4 Å². The highest BCUT2D eigenvalue weighted by Gasteiger charge is 2.26. The number of hydrogen-bond acceptors (Lipinski definition) is 5. The predicted molar refractivity (Wildman–Crippen MR) is 127 cm³/mol. The minimum Gasteiger partial charge on any atom is -0.321 e. The van der Waals surface area contributed by atoms with Gasteiger partial charge in [-0.1, -0.05) is 35.1 Å². The van der Waals surface area contributed by atoms with Crippen LogP contribution in [0.5, 0.6) is 0 Å². The molecule has 0 radical (unpaired) electrons. The first-order valence-corrected chi connectivity index (χ1v) is 10.9. The number of aryl methyl sites for hydroxylation is 2. The third-order valence-corrected chi connectivity index (χ3v) is 6.32. The molecule has 0 saturated heterocycles. The number of thiazole rings is 1. The molecule has 2 amide bonds. The Morgan fingerprint density at radius 3 is 2.44 bits per heavy atom. The monoisotopic (exact) mass is 466 g/mol. The van der Waals surface area contributed by atoms with Gasteiger partial charge in [-0.05, 0) is 62.2 Å². The van der Waals surface area contributed by atoms with E-state index in [2.05, 4.69) is 15.6 Å². The highest BCUT2D eigenvalue weighted by molar-refractivity contribution is 7.19. The molecule has 2 N–H and O–H groups in total. The van der Waals surface area contributed by atoms with Gasteiger partial charge >= 0.3 is 0 Å². The molecule has 0 aliphatic carbocycles. The van der Waals surface area contributed by atoms with Gasteiger partial charge in [-0.15, -0.1) is 0 Å². The van der Waals surface area contributed by atoms with E-state index in [9.17, 15) is 14.4 Å². The summed E-state index contributed by atoms with van der Waals surface area (Å²) in [5.74, 6) is -1.09. The summed E-state index contributed by atoms with van der Waals surface area (Å²) in [5, 5.41) is 6.12. The average Bonchev–Trinajstić information content (AvgIpc) is 3.13. The number of amides is 2. The number of aromatic nitrogens is 2. The minimum absolute atomic E-state index is 0.0603. The van der Waals surface area contributed by atoms with Crippen molar-refractivity contribution in [1.29, 1.82) is 0 Å². The lowest BCUT2D eigenvalue weighted by Gasteiger charge is -2.11. The van der Waals surface area contributed by atoms with Crippen LogP contribution in [0.2, 0.25) is 5.02 Å². The van der Waals surface area contributed by atoms with Crippen LogP contribution >= 0.6 is 22.9 Å². The van der Waals surface area contributed by atoms with E-state index >= 15 is 0 Å². The van der Waals surface area contributed by atoms with Gasteiger partial charge in [0.2, 0.25) is 0 Å². The standard InChI is InChI=1S/C23H19ClN4O3S/c1-12-5-4-6-17(14(12)3)27-21(30)19-20(22(31)26-16-9-7-15(24)8-10-16)32-23-25-13(2)11-18(29)28(19)23/h4-11H,1-3H3,(H,26,31)(H,27,30). The van der Waals surface area contributed by atoms with Crippen molar-refractivity contribution in [2.24, 2.45) is 0 Å². The van der Waals surface area contributed by atoms with Crippen LogP contribution < -0.4 is 16.2 Å². The van der Waals surface area contributed by atoms with Crippen LogP contribution in [0.4, 0.5) is 11.4 Å². The zero-order valence-corrected chi connectivity index (χ0v) is 19.1. The van der Waals surface area contributed by atoms with Crippen molar-refractivity contribution in [2.45, 2.75) is 20.8 Å². The van der Waals surface area contributed by atoms with Crippen molar-refractivity contribution >= 4 is 51.1 Å². The number of anilines is 2. The normalized spacial score (nSPS) is 10.9. The zero-order valence-electron chi connectivity index (χ0n) is 17.5. The molecule has 9 heteroatoms. The first-order chi connectivity index (χ1) is 15.2. The van der Waals surface area contributed by atoms with Crippen molar-refractivity contribution in [2.75, 3.05) is 10.6 Å². The molecule has 0 atom stereocenters. The average molecular weight is 467 g/mol. The Labute approximate surface area is 192 Å². The molecule has 2 aromatic carbocycles. The summed E-state index contributed by atoms with van der Waals surface area (Å²) in [6.45, 7) is 5.51. The number of fused-ring (bicyclic) bond motifs is 1. The maximum Gasteiger partial charge on any atom is 0.274 e. The molecular weight excluding hydrogens is 448 g/mol. The second-order valence-electron chi connectivity index (χ2n) is 7.30. The van der Waals surface area contributed by atoms with Gasteiger partial charge in [0, 0.05) is 28.2 Å². The number of carbonyl (C=O) groups is 2. The number of hydrogen-bond donors (Lipinski definition) is 2. The summed E-state index contributed by atoms with van der Waals surface area (Å²) in [4.78, 5) is 43.9. The Balaban J connectivity index is 1.81. The van der Waals surface area contributed by atoms with Crippen LogP contribution in [0.25, 0.3) is 4.96 Å². The summed E-state index contributed by atoms with van der Waals surface area (Å²) >= 11 is 6.89. The smallest absolute Gasteiger partial charge is 0.274 e. The van der Waals surface area contributed by atoms with E-state index < -0.39 is 17.4 Å². The van der Waals surface area contributed by atoms with Crippen LogP contribution in [-0.4, -0.2) is 21.2 Å². The minimum atomic E-state index is -0.570. The first kappa shape index (κ1) is 21.7. The van der Waals surface area contributed by atoms with Gasteiger partial charge in [-0.2, -0.15) is 0 Å². The molecule has 0 aliphatic rings. The van der Waals surface area contributed by atoms with Gasteiger partial charge in [0.1, 0.15) is 10.6 Å². The van der Waals surface area contributed by atoms with E-state index in [-0.39, 0.29) is 15.5 Å². The molecule has 0 bridgehead atoms. The van der Waals surface area contributed by atoms with E-state index in [1.165, 1.54) is 10.5 Å². The summed E-state index contributed by atoms with van der Waals surface area (Å²) in [6, 6.07) is 13.5. The summed E-state index contributed by atoms with van der Waals surface area (Å²) in [5.41, 5.74) is 3.03. The number of nitrogens with one attached hydrogen (secondary N) is 2. The maximum atomic E-state index is 13.3. The fraction of sp³-hybridized carbons (Fsp3) is 0.130. The number of halogens is 1. The lowest BCUT2D eigenvalue weighted by Crippen LogP contribution is -2.25. The van der Waals surface area contributed by atoms with Crippen molar-refractivity contribution < 1.29 is 9.59 Å². The number of benzene rings is 2. The van der Waals surface area contributed by atoms with Crippen molar-refractivity contribution in [3.63, 3.8) is 0 Å². The molecule has 0 saturated carbocycles. The van der Waals surface area contributed by atoms with Gasteiger partial charge in [0.05, 0.1) is 0 Å². The van der Waals surface area contributed by atoms with Crippen molar-refractivity contribution in [3.05, 3.63) is 91.3 Å². The lowest BCUT2D eigenvalue weighted by atomic mass is 10.1. The molecule has 7 nitrogen and oxygen atoms in total. The largest absolute Gasteiger partial charge is 0.321 e. The molecule has 4 rings (SSSR count). The fourth-order valence-electron chi connectivity index (χ4n) is 3.23. The third-order valence-electron chi connectivity index (χ3n) is 5.02. The Bertz CT molecular complexity index is 1420. The molecule has 0 unspecified atom stereocenters. The highest BCUT2D eigenvalue weighted by atomic mass is 35.5. The number of rotatable bonds is 4. The zero-order chi connectivity index (χ0) is 23.0. The molecule has 162 valence electrons. The Morgan fingerprint density at radius 2 is 1.72 bits per heavy atom. The van der Waals surface area contributed by atoms with Gasteiger partial charge < -0.3 is 10.6 Å². The number of nitrogens with zero attached hydrogens (tertiary/aromatic N) is 2. The van der Waals surface area contributed by atoms with E-state index in [0.717, 1.165) is 22.5 Å². The van der Waals surface area contributed by atoms with Gasteiger partial charge in [-0.25, -0.2) is 9.38 Å². The topological polar surface area (TPSA) is 92.6 Å². The maximum absolute atomic E-state index is 13.3. The SMILES string of the molecule is Cc1cc(=O)n2c(C(=O)Nc3cccc(C)c3C)c(C(=O)Nc3ccc(Cl)cc3)sc2n1. The molecule has 0 aliphatic heterocycles. The van der Waals surface area contributed by atoms with Crippen molar-refractivity contribution in [3.8, 4) is 0 Å². The van der Waals surface area contributed by atoms with Gasteiger partial charge in [-0.3, -0.25) is 14.4 Å². The number of carbonyl (C=O) groups excluding carboxylic acids is 2. The second-order valence-corrected chi connectivity index (χ2v) is 8.71. The van der Waals surface area contributed by atoms with Gasteiger partial charge in [0.15, 0.2) is 4.96 Å². The molecule has 0 fully saturated rings. The summed E-state index contributed by atoms with van der Waals surface area (Å²) in [7, 11) is 0. The molecule has 0 spiro atoms. The highest BCUT2D eigenvalue weighted by Crippen LogP contribution is 2.25.